The van der Waals surface area contributed by atoms with E-state index >= 15 is 0 Å². The highest BCUT2D eigenvalue weighted by Crippen LogP contribution is 2.26. The van der Waals surface area contributed by atoms with Crippen LogP contribution in [0.25, 0.3) is 0 Å². The van der Waals surface area contributed by atoms with Crippen molar-refractivity contribution in [1.82, 2.24) is 9.29 Å². The molecule has 0 radical (unpaired) electrons. The Labute approximate surface area is 180 Å². The number of carbonyl (C=O) groups excluding carboxylic acids is 1. The van der Waals surface area contributed by atoms with Crippen LogP contribution >= 0.6 is 11.6 Å². The largest absolute Gasteiger partial charge is 0.468 e. The van der Waals surface area contributed by atoms with Crippen LogP contribution in [0.5, 0.6) is 0 Å². The van der Waals surface area contributed by atoms with Crippen molar-refractivity contribution in [3.63, 3.8) is 0 Å². The third-order valence-corrected chi connectivity index (χ3v) is 6.83. The number of rotatable bonds is 8. The fraction of sp³-hybridized carbons (Fsp3) is 0.286. The third kappa shape index (κ3) is 4.61. The standard InChI is InChI=1S/C21H23ClN2O5S/c1-4-28-21(25)20-14(2)19(15(3)23-20)13-24(12-17-6-5-11-29-17)30(26,27)18-9-7-16(22)8-10-18/h5-11,23H,4,12-13H2,1-3H3. The number of halogens is 1. The summed E-state index contributed by atoms with van der Waals surface area (Å²) >= 11 is 5.91. The normalized spacial score (nSPS) is 11.8. The first-order chi connectivity index (χ1) is 14.2. The summed E-state index contributed by atoms with van der Waals surface area (Å²) in [6.45, 7) is 5.64. The van der Waals surface area contributed by atoms with Crippen LogP contribution in [-0.4, -0.2) is 30.3 Å². The minimum atomic E-state index is -3.86. The number of nitrogens with one attached hydrogen (secondary N) is 1. The zero-order valence-electron chi connectivity index (χ0n) is 16.9. The first kappa shape index (κ1) is 22.1. The highest BCUT2D eigenvalue weighted by Gasteiger charge is 2.28. The minimum absolute atomic E-state index is 0.0385. The van der Waals surface area contributed by atoms with Crippen LogP contribution in [0, 0.1) is 13.8 Å². The maximum absolute atomic E-state index is 13.4. The van der Waals surface area contributed by atoms with Crippen molar-refractivity contribution in [2.75, 3.05) is 6.61 Å². The van der Waals surface area contributed by atoms with Crippen molar-refractivity contribution in [2.24, 2.45) is 0 Å². The Balaban J connectivity index is 2.00. The number of aromatic nitrogens is 1. The zero-order valence-corrected chi connectivity index (χ0v) is 18.5. The summed E-state index contributed by atoms with van der Waals surface area (Å²) in [6.07, 6.45) is 1.49. The number of H-pyrrole nitrogens is 1. The van der Waals surface area contributed by atoms with Crippen LogP contribution in [-0.2, 0) is 27.8 Å². The van der Waals surface area contributed by atoms with Crippen molar-refractivity contribution in [1.29, 1.82) is 0 Å². The van der Waals surface area contributed by atoms with Gasteiger partial charge in [-0.3, -0.25) is 0 Å². The van der Waals surface area contributed by atoms with Crippen LogP contribution in [0.1, 0.15) is 40.0 Å². The quantitative estimate of drug-likeness (QED) is 0.512. The third-order valence-electron chi connectivity index (χ3n) is 4.77. The Morgan fingerprint density at radius 3 is 2.47 bits per heavy atom. The van der Waals surface area contributed by atoms with Gasteiger partial charge in [0.1, 0.15) is 11.5 Å². The molecule has 0 fully saturated rings. The summed E-state index contributed by atoms with van der Waals surface area (Å²) < 4.78 is 38.5. The Hall–Kier alpha value is -2.55. The number of hydrogen-bond donors (Lipinski definition) is 1. The van der Waals surface area contributed by atoms with Crippen molar-refractivity contribution in [3.8, 4) is 0 Å². The molecule has 0 aliphatic carbocycles. The molecule has 1 N–H and O–H groups in total. The molecule has 0 spiro atoms. The molecular weight excluding hydrogens is 428 g/mol. The highest BCUT2D eigenvalue weighted by molar-refractivity contribution is 7.89. The molecule has 0 unspecified atom stereocenters. The molecule has 7 nitrogen and oxygen atoms in total. The van der Waals surface area contributed by atoms with Gasteiger partial charge in [-0.05, 0) is 68.3 Å². The molecular formula is C21H23ClN2O5S. The van der Waals surface area contributed by atoms with E-state index in [-0.39, 0.29) is 24.6 Å². The molecule has 3 rings (SSSR count). The fourth-order valence-corrected chi connectivity index (χ4v) is 4.67. The van der Waals surface area contributed by atoms with Crippen molar-refractivity contribution >= 4 is 27.6 Å². The van der Waals surface area contributed by atoms with Crippen LogP contribution in [0.3, 0.4) is 0 Å². The summed E-state index contributed by atoms with van der Waals surface area (Å²) in [5.41, 5.74) is 2.39. The van der Waals surface area contributed by atoms with E-state index in [9.17, 15) is 13.2 Å². The second-order valence-corrected chi connectivity index (χ2v) is 9.13. The van der Waals surface area contributed by atoms with Gasteiger partial charge in [-0.1, -0.05) is 11.6 Å². The van der Waals surface area contributed by atoms with Gasteiger partial charge in [-0.15, -0.1) is 0 Å². The predicted molar refractivity (Wildman–Crippen MR) is 113 cm³/mol. The van der Waals surface area contributed by atoms with Gasteiger partial charge in [0.05, 0.1) is 24.3 Å². The van der Waals surface area contributed by atoms with Crippen molar-refractivity contribution < 1.29 is 22.4 Å². The molecule has 2 heterocycles. The Kier molecular flexibility index (Phi) is 6.70. The molecule has 0 saturated heterocycles. The summed E-state index contributed by atoms with van der Waals surface area (Å²) in [5, 5.41) is 0.447. The maximum atomic E-state index is 13.4. The molecule has 9 heteroatoms. The highest BCUT2D eigenvalue weighted by atomic mass is 35.5. The topological polar surface area (TPSA) is 92.6 Å². The van der Waals surface area contributed by atoms with Gasteiger partial charge in [0.15, 0.2) is 0 Å². The van der Waals surface area contributed by atoms with E-state index in [1.165, 1.54) is 34.8 Å². The monoisotopic (exact) mass is 450 g/mol. The van der Waals surface area contributed by atoms with E-state index in [0.29, 0.717) is 33.3 Å². The molecule has 1 aromatic carbocycles. The number of aryl methyl sites for hydroxylation is 1. The fourth-order valence-electron chi connectivity index (χ4n) is 3.17. The molecule has 0 aliphatic heterocycles. The summed E-state index contributed by atoms with van der Waals surface area (Å²) in [5.74, 6) is 0.0338. The van der Waals surface area contributed by atoms with Crippen molar-refractivity contribution in [3.05, 3.63) is 76.0 Å². The van der Waals surface area contributed by atoms with Crippen LogP contribution < -0.4 is 0 Å². The van der Waals surface area contributed by atoms with Gasteiger partial charge in [-0.2, -0.15) is 4.31 Å². The SMILES string of the molecule is CCOC(=O)c1[nH]c(C)c(CN(Cc2ccco2)S(=O)(=O)c2ccc(Cl)cc2)c1C. The van der Waals surface area contributed by atoms with Gasteiger partial charge in [-0.25, -0.2) is 13.2 Å². The predicted octanol–water partition coefficient (Wildman–Crippen LogP) is 4.45. The average Bonchev–Trinajstić information content (AvgIpc) is 3.31. The smallest absolute Gasteiger partial charge is 0.355 e. The average molecular weight is 451 g/mol. The molecule has 0 amide bonds. The Morgan fingerprint density at radius 1 is 1.17 bits per heavy atom. The van der Waals surface area contributed by atoms with Gasteiger partial charge in [0.25, 0.3) is 0 Å². The van der Waals surface area contributed by atoms with E-state index in [4.69, 9.17) is 20.8 Å². The molecule has 0 aliphatic rings. The summed E-state index contributed by atoms with van der Waals surface area (Å²) in [7, 11) is -3.86. The molecule has 3 aromatic rings. The first-order valence-corrected chi connectivity index (χ1v) is 11.2. The van der Waals surface area contributed by atoms with Gasteiger partial charge in [0.2, 0.25) is 10.0 Å². The molecule has 0 atom stereocenters. The van der Waals surface area contributed by atoms with E-state index in [0.717, 1.165) is 0 Å². The van der Waals surface area contributed by atoms with E-state index in [1.54, 1.807) is 32.9 Å². The number of nitrogens with zero attached hydrogens (tertiary/aromatic N) is 1. The number of carbonyl (C=O) groups is 1. The number of ether oxygens (including phenoxy) is 1. The number of esters is 1. The number of sulfonamides is 1. The lowest BCUT2D eigenvalue weighted by molar-refractivity contribution is 0.0519. The number of aromatic amines is 1. The summed E-state index contributed by atoms with van der Waals surface area (Å²) in [4.78, 5) is 15.4. The van der Waals surface area contributed by atoms with Crippen LogP contribution in [0.15, 0.2) is 52.0 Å². The maximum Gasteiger partial charge on any atom is 0.355 e. The lowest BCUT2D eigenvalue weighted by Crippen LogP contribution is -2.30. The number of hydrogen-bond acceptors (Lipinski definition) is 5. The van der Waals surface area contributed by atoms with Crippen molar-refractivity contribution in [2.45, 2.75) is 38.8 Å². The second-order valence-electron chi connectivity index (χ2n) is 6.76. The van der Waals surface area contributed by atoms with E-state index < -0.39 is 16.0 Å². The second kappa shape index (κ2) is 9.07. The lowest BCUT2D eigenvalue weighted by atomic mass is 10.1. The summed E-state index contributed by atoms with van der Waals surface area (Å²) in [6, 6.07) is 9.41. The minimum Gasteiger partial charge on any atom is -0.468 e. The Bertz CT molecular complexity index is 1120. The molecule has 160 valence electrons. The number of benzene rings is 1. The first-order valence-electron chi connectivity index (χ1n) is 9.37. The van der Waals surface area contributed by atoms with Crippen LogP contribution in [0.2, 0.25) is 5.02 Å². The molecule has 0 bridgehead atoms. The van der Waals surface area contributed by atoms with Gasteiger partial charge in [0, 0.05) is 17.3 Å². The van der Waals surface area contributed by atoms with Crippen LogP contribution in [0.4, 0.5) is 0 Å². The van der Waals surface area contributed by atoms with E-state index in [2.05, 4.69) is 4.98 Å². The van der Waals surface area contributed by atoms with E-state index in [1.807, 2.05) is 0 Å². The van der Waals surface area contributed by atoms with Gasteiger partial charge < -0.3 is 14.1 Å². The lowest BCUT2D eigenvalue weighted by Gasteiger charge is -2.22. The zero-order chi connectivity index (χ0) is 21.9. The molecule has 30 heavy (non-hydrogen) atoms. The molecule has 2 aromatic heterocycles. The number of furan rings is 1. The molecule has 0 saturated carbocycles. The Morgan fingerprint density at radius 2 is 1.87 bits per heavy atom. The van der Waals surface area contributed by atoms with Gasteiger partial charge >= 0.3 is 5.97 Å².